The van der Waals surface area contributed by atoms with Crippen molar-refractivity contribution in [2.75, 3.05) is 13.7 Å². The summed E-state index contributed by atoms with van der Waals surface area (Å²) >= 11 is 0. The van der Waals surface area contributed by atoms with E-state index in [2.05, 4.69) is 0 Å². The van der Waals surface area contributed by atoms with Crippen molar-refractivity contribution in [3.63, 3.8) is 0 Å². The number of ether oxygens (including phenoxy) is 1. The zero-order valence-corrected chi connectivity index (χ0v) is 8.47. The maximum Gasteiger partial charge on any atom is 0.166 e. The third-order valence-corrected chi connectivity index (χ3v) is 1.93. The summed E-state index contributed by atoms with van der Waals surface area (Å²) in [5, 5.41) is 0. The summed E-state index contributed by atoms with van der Waals surface area (Å²) in [6.45, 7) is 0.352. The Balaban J connectivity index is 3.04. The van der Waals surface area contributed by atoms with Gasteiger partial charge in [-0.1, -0.05) is 24.3 Å². The van der Waals surface area contributed by atoms with Crippen LogP contribution in [0.4, 0.5) is 8.78 Å². The van der Waals surface area contributed by atoms with Crippen LogP contribution < -0.4 is 5.73 Å². The van der Waals surface area contributed by atoms with Crippen LogP contribution in [-0.2, 0) is 11.3 Å². The standard InChI is InChI=1S/C11H13F2NO/c1-15-7-9-5-4-8(3-2-6-14)10(12)11(9)13/h2-5H,6-7,14H2,1H3/b3-2+. The van der Waals surface area contributed by atoms with E-state index in [1.165, 1.54) is 25.3 Å². The van der Waals surface area contributed by atoms with Crippen molar-refractivity contribution in [2.45, 2.75) is 6.61 Å². The van der Waals surface area contributed by atoms with Gasteiger partial charge in [0.1, 0.15) is 0 Å². The summed E-state index contributed by atoms with van der Waals surface area (Å²) in [5.74, 6) is -1.73. The molecule has 4 heteroatoms. The third-order valence-electron chi connectivity index (χ3n) is 1.93. The van der Waals surface area contributed by atoms with Gasteiger partial charge in [-0.3, -0.25) is 0 Å². The Morgan fingerprint density at radius 2 is 2.07 bits per heavy atom. The lowest BCUT2D eigenvalue weighted by Crippen LogP contribution is -1.99. The lowest BCUT2D eigenvalue weighted by molar-refractivity contribution is 0.180. The summed E-state index contributed by atoms with van der Waals surface area (Å²) in [6, 6.07) is 3.00. The Morgan fingerprint density at radius 1 is 1.33 bits per heavy atom. The second kappa shape index (κ2) is 5.58. The van der Waals surface area contributed by atoms with Crippen LogP contribution in [0.15, 0.2) is 18.2 Å². The molecule has 0 spiro atoms. The van der Waals surface area contributed by atoms with E-state index in [0.717, 1.165) is 0 Å². The zero-order chi connectivity index (χ0) is 11.3. The van der Waals surface area contributed by atoms with Gasteiger partial charge >= 0.3 is 0 Å². The number of hydrogen-bond acceptors (Lipinski definition) is 2. The molecule has 0 bridgehead atoms. The Bertz CT molecular complexity index is 364. The minimum atomic E-state index is -0.866. The topological polar surface area (TPSA) is 35.2 Å². The lowest BCUT2D eigenvalue weighted by Gasteiger charge is -2.04. The molecule has 1 rings (SSSR count). The van der Waals surface area contributed by atoms with E-state index in [9.17, 15) is 8.78 Å². The Kier molecular flexibility index (Phi) is 4.39. The normalized spacial score (nSPS) is 11.2. The van der Waals surface area contributed by atoms with Crippen molar-refractivity contribution in [3.8, 4) is 0 Å². The zero-order valence-electron chi connectivity index (χ0n) is 8.47. The quantitative estimate of drug-likeness (QED) is 0.831. The number of benzene rings is 1. The van der Waals surface area contributed by atoms with Crippen LogP contribution in [0.25, 0.3) is 6.08 Å². The van der Waals surface area contributed by atoms with Crippen LogP contribution in [0.2, 0.25) is 0 Å². The highest BCUT2D eigenvalue weighted by molar-refractivity contribution is 5.51. The fraction of sp³-hybridized carbons (Fsp3) is 0.273. The number of rotatable bonds is 4. The van der Waals surface area contributed by atoms with E-state index < -0.39 is 11.6 Å². The molecule has 0 amide bonds. The smallest absolute Gasteiger partial charge is 0.166 e. The fourth-order valence-electron chi connectivity index (χ4n) is 1.20. The number of hydrogen-bond donors (Lipinski definition) is 1. The Hall–Kier alpha value is -1.26. The van der Waals surface area contributed by atoms with E-state index in [1.54, 1.807) is 6.08 Å². The average molecular weight is 213 g/mol. The Labute approximate surface area is 87.4 Å². The predicted molar refractivity (Wildman–Crippen MR) is 55.2 cm³/mol. The first kappa shape index (κ1) is 11.8. The van der Waals surface area contributed by atoms with E-state index in [-0.39, 0.29) is 17.7 Å². The van der Waals surface area contributed by atoms with Gasteiger partial charge in [0.2, 0.25) is 0 Å². The molecule has 0 aliphatic carbocycles. The molecule has 2 N–H and O–H groups in total. The summed E-state index contributed by atoms with van der Waals surface area (Å²) < 4.78 is 31.5. The first-order valence-electron chi connectivity index (χ1n) is 4.53. The van der Waals surface area contributed by atoms with Crippen molar-refractivity contribution in [2.24, 2.45) is 5.73 Å². The van der Waals surface area contributed by atoms with Gasteiger partial charge in [0.05, 0.1) is 6.61 Å². The second-order valence-electron chi connectivity index (χ2n) is 3.01. The molecule has 0 aliphatic heterocycles. The molecule has 1 aromatic rings. The average Bonchev–Trinajstić information content (AvgIpc) is 2.24. The van der Waals surface area contributed by atoms with E-state index >= 15 is 0 Å². The minimum absolute atomic E-state index is 0.0592. The molecule has 0 radical (unpaired) electrons. The van der Waals surface area contributed by atoms with Crippen molar-refractivity contribution < 1.29 is 13.5 Å². The summed E-state index contributed by atoms with van der Waals surface area (Å²) in [6.07, 6.45) is 3.02. The molecule has 0 fully saturated rings. The summed E-state index contributed by atoms with van der Waals surface area (Å²) in [4.78, 5) is 0. The third kappa shape index (κ3) is 2.84. The van der Waals surface area contributed by atoms with Crippen molar-refractivity contribution in [1.29, 1.82) is 0 Å². The van der Waals surface area contributed by atoms with Gasteiger partial charge in [-0.05, 0) is 0 Å². The van der Waals surface area contributed by atoms with Crippen molar-refractivity contribution in [3.05, 3.63) is 41.0 Å². The van der Waals surface area contributed by atoms with E-state index in [1.807, 2.05) is 0 Å². The molecule has 82 valence electrons. The summed E-state index contributed by atoms with van der Waals surface area (Å²) in [7, 11) is 1.43. The highest BCUT2D eigenvalue weighted by atomic mass is 19.2. The molecule has 0 atom stereocenters. The van der Waals surface area contributed by atoms with Gasteiger partial charge in [-0.15, -0.1) is 0 Å². The summed E-state index contributed by atoms with van der Waals surface area (Å²) in [5.41, 5.74) is 5.62. The first-order valence-corrected chi connectivity index (χ1v) is 4.53. The van der Waals surface area contributed by atoms with Gasteiger partial charge in [0.25, 0.3) is 0 Å². The monoisotopic (exact) mass is 213 g/mol. The van der Waals surface area contributed by atoms with Gasteiger partial charge < -0.3 is 10.5 Å². The minimum Gasteiger partial charge on any atom is -0.380 e. The SMILES string of the molecule is COCc1ccc(/C=C/CN)c(F)c1F. The number of nitrogens with two attached hydrogens (primary N) is 1. The molecule has 0 unspecified atom stereocenters. The number of methoxy groups -OCH3 is 1. The van der Waals surface area contributed by atoms with Crippen molar-refractivity contribution >= 4 is 6.08 Å². The van der Waals surface area contributed by atoms with E-state index in [0.29, 0.717) is 6.54 Å². The highest BCUT2D eigenvalue weighted by Gasteiger charge is 2.11. The maximum atomic E-state index is 13.4. The van der Waals surface area contributed by atoms with Crippen molar-refractivity contribution in [1.82, 2.24) is 0 Å². The molecule has 0 aliphatic rings. The molecule has 0 aromatic heterocycles. The van der Waals surface area contributed by atoms with Crippen LogP contribution in [-0.4, -0.2) is 13.7 Å². The lowest BCUT2D eigenvalue weighted by atomic mass is 10.1. The second-order valence-corrected chi connectivity index (χ2v) is 3.01. The molecule has 0 saturated heterocycles. The van der Waals surface area contributed by atoms with Gasteiger partial charge in [0, 0.05) is 24.8 Å². The highest BCUT2D eigenvalue weighted by Crippen LogP contribution is 2.18. The van der Waals surface area contributed by atoms with Crippen LogP contribution in [0.5, 0.6) is 0 Å². The number of halogens is 2. The molecule has 0 saturated carbocycles. The van der Waals surface area contributed by atoms with Crippen LogP contribution in [0.3, 0.4) is 0 Å². The van der Waals surface area contributed by atoms with Gasteiger partial charge in [-0.25, -0.2) is 8.78 Å². The molecule has 15 heavy (non-hydrogen) atoms. The van der Waals surface area contributed by atoms with Gasteiger partial charge in [-0.2, -0.15) is 0 Å². The molecule has 2 nitrogen and oxygen atoms in total. The predicted octanol–water partition coefficient (Wildman–Crippen LogP) is 2.08. The first-order chi connectivity index (χ1) is 7.20. The Morgan fingerprint density at radius 3 is 2.67 bits per heavy atom. The largest absolute Gasteiger partial charge is 0.380 e. The molecule has 1 aromatic carbocycles. The van der Waals surface area contributed by atoms with E-state index in [4.69, 9.17) is 10.5 Å². The van der Waals surface area contributed by atoms with Gasteiger partial charge in [0.15, 0.2) is 11.6 Å². The van der Waals surface area contributed by atoms with Crippen LogP contribution in [0, 0.1) is 11.6 Å². The molecule has 0 heterocycles. The van der Waals surface area contributed by atoms with Crippen LogP contribution in [0.1, 0.15) is 11.1 Å². The molecular weight excluding hydrogens is 200 g/mol. The van der Waals surface area contributed by atoms with Crippen LogP contribution >= 0.6 is 0 Å². The molecular formula is C11H13F2NO. The fourth-order valence-corrected chi connectivity index (χ4v) is 1.20. The maximum absolute atomic E-state index is 13.4.